The highest BCUT2D eigenvalue weighted by molar-refractivity contribution is 5.79. The maximum Gasteiger partial charge on any atom is 0.191 e. The SMILES string of the molecule is CCNC(=NCC(C)(C)N1CCOCC1)NCCN1CCOCC1. The first-order valence-corrected chi connectivity index (χ1v) is 9.27. The third kappa shape index (κ3) is 6.55. The number of hydrogen-bond acceptors (Lipinski definition) is 5. The molecule has 0 unspecified atom stereocenters. The van der Waals surface area contributed by atoms with Crippen LogP contribution < -0.4 is 10.6 Å². The van der Waals surface area contributed by atoms with Crippen LogP contribution in [0.5, 0.6) is 0 Å². The fourth-order valence-electron chi connectivity index (χ4n) is 3.04. The van der Waals surface area contributed by atoms with Crippen molar-refractivity contribution in [1.82, 2.24) is 20.4 Å². The summed E-state index contributed by atoms with van der Waals surface area (Å²) in [7, 11) is 0. The standard InChI is InChI=1S/C17H35N5O2/c1-4-18-16(19-5-6-21-7-11-23-12-8-21)20-15-17(2,3)22-9-13-24-14-10-22/h4-15H2,1-3H3,(H2,18,19,20). The molecule has 2 aliphatic rings. The molecule has 2 fully saturated rings. The van der Waals surface area contributed by atoms with Crippen LogP contribution in [0, 0.1) is 0 Å². The van der Waals surface area contributed by atoms with Gasteiger partial charge in [0, 0.05) is 51.4 Å². The Morgan fingerprint density at radius 1 is 1.00 bits per heavy atom. The van der Waals surface area contributed by atoms with Gasteiger partial charge < -0.3 is 20.1 Å². The maximum atomic E-state index is 5.45. The fraction of sp³-hybridized carbons (Fsp3) is 0.941. The molecule has 7 nitrogen and oxygen atoms in total. The molecule has 0 aromatic rings. The van der Waals surface area contributed by atoms with Crippen LogP contribution in [0.15, 0.2) is 4.99 Å². The van der Waals surface area contributed by atoms with E-state index in [4.69, 9.17) is 14.5 Å². The number of morpholine rings is 2. The zero-order valence-electron chi connectivity index (χ0n) is 15.6. The lowest BCUT2D eigenvalue weighted by molar-refractivity contribution is -0.00684. The van der Waals surface area contributed by atoms with Gasteiger partial charge in [-0.15, -0.1) is 0 Å². The van der Waals surface area contributed by atoms with E-state index in [1.54, 1.807) is 0 Å². The lowest BCUT2D eigenvalue weighted by atomic mass is 10.0. The third-order valence-corrected chi connectivity index (χ3v) is 4.66. The Bertz CT molecular complexity index is 377. The first kappa shape index (κ1) is 19.4. The van der Waals surface area contributed by atoms with E-state index >= 15 is 0 Å². The van der Waals surface area contributed by atoms with E-state index in [1.807, 2.05) is 0 Å². The number of rotatable bonds is 7. The molecule has 0 bridgehead atoms. The zero-order chi connectivity index (χ0) is 17.3. The van der Waals surface area contributed by atoms with Gasteiger partial charge in [-0.1, -0.05) is 0 Å². The van der Waals surface area contributed by atoms with Gasteiger partial charge in [0.1, 0.15) is 0 Å². The van der Waals surface area contributed by atoms with E-state index in [-0.39, 0.29) is 5.54 Å². The molecule has 2 aliphatic heterocycles. The summed E-state index contributed by atoms with van der Waals surface area (Å²) in [5.74, 6) is 0.909. The Labute approximate surface area is 146 Å². The Morgan fingerprint density at radius 2 is 1.62 bits per heavy atom. The van der Waals surface area contributed by atoms with Crippen LogP contribution in [-0.2, 0) is 9.47 Å². The average molecular weight is 342 g/mol. The van der Waals surface area contributed by atoms with Crippen LogP contribution in [0.3, 0.4) is 0 Å². The highest BCUT2D eigenvalue weighted by Crippen LogP contribution is 2.16. The van der Waals surface area contributed by atoms with Gasteiger partial charge in [0.05, 0.1) is 33.0 Å². The minimum absolute atomic E-state index is 0.0519. The van der Waals surface area contributed by atoms with Crippen LogP contribution in [0.25, 0.3) is 0 Å². The van der Waals surface area contributed by atoms with Gasteiger partial charge >= 0.3 is 0 Å². The van der Waals surface area contributed by atoms with Gasteiger partial charge in [-0.05, 0) is 20.8 Å². The molecule has 0 atom stereocenters. The molecule has 0 amide bonds. The molecule has 2 rings (SSSR count). The maximum absolute atomic E-state index is 5.45. The predicted octanol–water partition coefficient (Wildman–Crippen LogP) is -0.0155. The Kier molecular flexibility index (Phi) is 8.24. The van der Waals surface area contributed by atoms with Gasteiger partial charge in [-0.3, -0.25) is 14.8 Å². The van der Waals surface area contributed by atoms with Crippen LogP contribution in [-0.4, -0.2) is 100 Å². The van der Waals surface area contributed by atoms with E-state index in [1.165, 1.54) is 0 Å². The van der Waals surface area contributed by atoms with Crippen molar-refractivity contribution in [3.05, 3.63) is 0 Å². The molecule has 0 aromatic heterocycles. The summed E-state index contributed by atoms with van der Waals surface area (Å²) >= 11 is 0. The van der Waals surface area contributed by atoms with Crippen molar-refractivity contribution in [3.8, 4) is 0 Å². The average Bonchev–Trinajstić information content (AvgIpc) is 2.61. The van der Waals surface area contributed by atoms with Crippen LogP contribution >= 0.6 is 0 Å². The Balaban J connectivity index is 1.77. The lowest BCUT2D eigenvalue weighted by Crippen LogP contribution is -2.52. The molecule has 2 N–H and O–H groups in total. The quantitative estimate of drug-likeness (QED) is 0.502. The summed E-state index contributed by atoms with van der Waals surface area (Å²) in [6.07, 6.45) is 0. The molecule has 0 saturated carbocycles. The van der Waals surface area contributed by atoms with Gasteiger partial charge in [-0.25, -0.2) is 0 Å². The molecular weight excluding hydrogens is 306 g/mol. The molecule has 24 heavy (non-hydrogen) atoms. The summed E-state index contributed by atoms with van der Waals surface area (Å²) in [5, 5.41) is 6.81. The van der Waals surface area contributed by atoms with Gasteiger partial charge in [0.15, 0.2) is 5.96 Å². The molecular formula is C17H35N5O2. The smallest absolute Gasteiger partial charge is 0.191 e. The van der Waals surface area contributed by atoms with E-state index in [0.717, 1.165) is 84.7 Å². The Morgan fingerprint density at radius 3 is 2.25 bits per heavy atom. The van der Waals surface area contributed by atoms with E-state index in [2.05, 4.69) is 41.2 Å². The van der Waals surface area contributed by atoms with Gasteiger partial charge in [-0.2, -0.15) is 0 Å². The predicted molar refractivity (Wildman–Crippen MR) is 97.7 cm³/mol. The first-order chi connectivity index (χ1) is 11.6. The second-order valence-electron chi connectivity index (χ2n) is 6.99. The van der Waals surface area contributed by atoms with Gasteiger partial charge in [0.25, 0.3) is 0 Å². The van der Waals surface area contributed by atoms with Crippen molar-refractivity contribution in [3.63, 3.8) is 0 Å². The topological polar surface area (TPSA) is 61.4 Å². The molecule has 0 spiro atoms. The summed E-state index contributed by atoms with van der Waals surface area (Å²) in [6, 6.07) is 0. The normalized spacial score (nSPS) is 21.7. The van der Waals surface area contributed by atoms with E-state index in [0.29, 0.717) is 0 Å². The van der Waals surface area contributed by atoms with Crippen molar-refractivity contribution >= 4 is 5.96 Å². The van der Waals surface area contributed by atoms with Crippen molar-refractivity contribution in [2.45, 2.75) is 26.3 Å². The molecule has 140 valence electrons. The summed E-state index contributed by atoms with van der Waals surface area (Å²) in [6.45, 7) is 17.6. The first-order valence-electron chi connectivity index (χ1n) is 9.27. The van der Waals surface area contributed by atoms with Crippen molar-refractivity contribution < 1.29 is 9.47 Å². The number of guanidine groups is 1. The summed E-state index contributed by atoms with van der Waals surface area (Å²) in [5.41, 5.74) is 0.0519. The van der Waals surface area contributed by atoms with Crippen LogP contribution in [0.4, 0.5) is 0 Å². The number of ether oxygens (including phenoxy) is 2. The molecule has 0 radical (unpaired) electrons. The van der Waals surface area contributed by atoms with Crippen LogP contribution in [0.2, 0.25) is 0 Å². The molecule has 0 aliphatic carbocycles. The van der Waals surface area contributed by atoms with E-state index < -0.39 is 0 Å². The summed E-state index contributed by atoms with van der Waals surface area (Å²) < 4.78 is 10.8. The van der Waals surface area contributed by atoms with Gasteiger partial charge in [0.2, 0.25) is 0 Å². The van der Waals surface area contributed by atoms with Crippen molar-refractivity contribution in [2.75, 3.05) is 78.8 Å². The third-order valence-electron chi connectivity index (χ3n) is 4.66. The minimum Gasteiger partial charge on any atom is -0.379 e. The molecule has 2 heterocycles. The van der Waals surface area contributed by atoms with E-state index in [9.17, 15) is 0 Å². The largest absolute Gasteiger partial charge is 0.379 e. The lowest BCUT2D eigenvalue weighted by Gasteiger charge is -2.40. The number of aliphatic imine (C=N–C) groups is 1. The highest BCUT2D eigenvalue weighted by atomic mass is 16.5. The molecule has 7 heteroatoms. The number of nitrogens with one attached hydrogen (secondary N) is 2. The fourth-order valence-corrected chi connectivity index (χ4v) is 3.04. The monoisotopic (exact) mass is 341 g/mol. The second kappa shape index (κ2) is 10.2. The number of hydrogen-bond donors (Lipinski definition) is 2. The van der Waals surface area contributed by atoms with Crippen molar-refractivity contribution in [1.29, 1.82) is 0 Å². The molecule has 2 saturated heterocycles. The molecule has 0 aromatic carbocycles. The zero-order valence-corrected chi connectivity index (χ0v) is 15.6. The Hall–Kier alpha value is -0.890. The summed E-state index contributed by atoms with van der Waals surface area (Å²) in [4.78, 5) is 9.71. The highest BCUT2D eigenvalue weighted by Gasteiger charge is 2.28. The second-order valence-corrected chi connectivity index (χ2v) is 6.99. The van der Waals surface area contributed by atoms with Crippen molar-refractivity contribution in [2.24, 2.45) is 4.99 Å². The minimum atomic E-state index is 0.0519. The number of nitrogens with zero attached hydrogens (tertiary/aromatic N) is 3. The van der Waals surface area contributed by atoms with Crippen LogP contribution in [0.1, 0.15) is 20.8 Å².